The van der Waals surface area contributed by atoms with Crippen LogP contribution < -0.4 is 0 Å². The van der Waals surface area contributed by atoms with Crippen molar-refractivity contribution in [2.75, 3.05) is 13.6 Å². The molecule has 0 fully saturated rings. The van der Waals surface area contributed by atoms with Gasteiger partial charge in [-0.1, -0.05) is 13.0 Å². The second kappa shape index (κ2) is 6.00. The highest BCUT2D eigenvalue weighted by atomic mass is 127. The van der Waals surface area contributed by atoms with Gasteiger partial charge in [0.1, 0.15) is 0 Å². The third-order valence-electron chi connectivity index (χ3n) is 2.39. The van der Waals surface area contributed by atoms with Gasteiger partial charge in [0, 0.05) is 22.7 Å². The van der Waals surface area contributed by atoms with Gasteiger partial charge in [0.2, 0.25) is 0 Å². The number of hydrogen-bond donors (Lipinski definition) is 1. The van der Waals surface area contributed by atoms with Crippen LogP contribution in [0.1, 0.15) is 17.3 Å². The van der Waals surface area contributed by atoms with Gasteiger partial charge in [-0.15, -0.1) is 0 Å². The van der Waals surface area contributed by atoms with E-state index in [4.69, 9.17) is 5.11 Å². The highest BCUT2D eigenvalue weighted by Gasteiger charge is 2.18. The number of aliphatic carboxylic acids is 1. The molecule has 0 saturated heterocycles. The van der Waals surface area contributed by atoms with E-state index in [-0.39, 0.29) is 12.5 Å². The second-order valence-corrected chi connectivity index (χ2v) is 5.18. The Bertz CT molecular complexity index is 434. The number of amides is 1. The van der Waals surface area contributed by atoms with E-state index in [1.54, 1.807) is 26.1 Å². The van der Waals surface area contributed by atoms with Gasteiger partial charge >= 0.3 is 5.97 Å². The third kappa shape index (κ3) is 3.99. The minimum Gasteiger partial charge on any atom is -0.481 e. The number of benzene rings is 1. The maximum absolute atomic E-state index is 12.0. The highest BCUT2D eigenvalue weighted by Crippen LogP contribution is 2.10. The molecule has 1 amide bonds. The Morgan fingerprint density at radius 2 is 2.12 bits per heavy atom. The number of carbonyl (C=O) groups is 2. The van der Waals surface area contributed by atoms with Gasteiger partial charge in [-0.25, -0.2) is 0 Å². The summed E-state index contributed by atoms with van der Waals surface area (Å²) in [6.45, 7) is 1.79. The fraction of sp³-hybridized carbons (Fsp3) is 0.333. The molecule has 1 N–H and O–H groups in total. The summed E-state index contributed by atoms with van der Waals surface area (Å²) in [6.07, 6.45) is 0. The Hall–Kier alpha value is -1.11. The number of hydrogen-bond acceptors (Lipinski definition) is 2. The summed E-state index contributed by atoms with van der Waals surface area (Å²) >= 11 is 2.13. The lowest BCUT2D eigenvalue weighted by atomic mass is 10.1. The number of carbonyl (C=O) groups excluding carboxylic acids is 1. The topological polar surface area (TPSA) is 57.6 Å². The SMILES string of the molecule is CC(CN(C)C(=O)c1cccc(I)c1)C(=O)O. The zero-order valence-corrected chi connectivity index (χ0v) is 11.8. The maximum Gasteiger partial charge on any atom is 0.308 e. The average Bonchev–Trinajstić information content (AvgIpc) is 2.27. The van der Waals surface area contributed by atoms with Gasteiger partial charge in [-0.3, -0.25) is 9.59 Å². The van der Waals surface area contributed by atoms with E-state index in [0.29, 0.717) is 5.56 Å². The van der Waals surface area contributed by atoms with Crippen molar-refractivity contribution < 1.29 is 14.7 Å². The van der Waals surface area contributed by atoms with E-state index in [1.807, 2.05) is 12.1 Å². The molecule has 0 radical (unpaired) electrons. The van der Waals surface area contributed by atoms with Crippen LogP contribution in [-0.2, 0) is 4.79 Å². The molecule has 0 aromatic heterocycles. The molecule has 1 aromatic carbocycles. The van der Waals surface area contributed by atoms with Crippen molar-refractivity contribution in [2.24, 2.45) is 5.92 Å². The van der Waals surface area contributed by atoms with Gasteiger partial charge in [-0.05, 0) is 40.8 Å². The molecule has 1 unspecified atom stereocenters. The Morgan fingerprint density at radius 1 is 1.47 bits per heavy atom. The Morgan fingerprint density at radius 3 is 2.65 bits per heavy atom. The molecule has 0 bridgehead atoms. The minimum absolute atomic E-state index is 0.156. The van der Waals surface area contributed by atoms with Crippen LogP contribution in [0, 0.1) is 9.49 Å². The molecule has 0 aliphatic carbocycles. The lowest BCUT2D eigenvalue weighted by Gasteiger charge is -2.19. The monoisotopic (exact) mass is 347 g/mol. The smallest absolute Gasteiger partial charge is 0.308 e. The van der Waals surface area contributed by atoms with E-state index in [0.717, 1.165) is 3.57 Å². The predicted molar refractivity (Wildman–Crippen MR) is 72.9 cm³/mol. The molecule has 1 atom stereocenters. The van der Waals surface area contributed by atoms with Crippen LogP contribution in [0.15, 0.2) is 24.3 Å². The minimum atomic E-state index is -0.896. The molecule has 4 nitrogen and oxygen atoms in total. The first kappa shape index (κ1) is 14.0. The van der Waals surface area contributed by atoms with Gasteiger partial charge in [-0.2, -0.15) is 0 Å². The summed E-state index contributed by atoms with van der Waals surface area (Å²) in [6, 6.07) is 7.22. The van der Waals surface area contributed by atoms with E-state index >= 15 is 0 Å². The van der Waals surface area contributed by atoms with Crippen molar-refractivity contribution in [1.82, 2.24) is 4.90 Å². The standard InChI is InChI=1S/C12H14INO3/c1-8(12(16)17)7-14(2)11(15)9-4-3-5-10(13)6-9/h3-6,8H,7H2,1-2H3,(H,16,17). The van der Waals surface area contributed by atoms with Crippen LogP contribution in [0.3, 0.4) is 0 Å². The van der Waals surface area contributed by atoms with E-state index in [2.05, 4.69) is 22.6 Å². The molecular formula is C12H14INO3. The van der Waals surface area contributed by atoms with Crippen molar-refractivity contribution in [2.45, 2.75) is 6.92 Å². The van der Waals surface area contributed by atoms with Crippen LogP contribution in [0.4, 0.5) is 0 Å². The molecule has 1 aromatic rings. The number of carboxylic acids is 1. The van der Waals surface area contributed by atoms with Crippen LogP contribution in [0.5, 0.6) is 0 Å². The summed E-state index contributed by atoms with van der Waals surface area (Å²) in [5.41, 5.74) is 0.581. The van der Waals surface area contributed by atoms with Crippen molar-refractivity contribution in [3.63, 3.8) is 0 Å². The Labute approximate surface area is 114 Å². The van der Waals surface area contributed by atoms with E-state index in [9.17, 15) is 9.59 Å². The number of halogens is 1. The summed E-state index contributed by atoms with van der Waals surface area (Å²) in [7, 11) is 1.61. The van der Waals surface area contributed by atoms with E-state index < -0.39 is 11.9 Å². The molecule has 0 heterocycles. The fourth-order valence-electron chi connectivity index (χ4n) is 1.41. The number of carboxylic acid groups (broad SMARTS) is 1. The maximum atomic E-state index is 12.0. The molecule has 0 saturated carbocycles. The largest absolute Gasteiger partial charge is 0.481 e. The molecule has 0 aliphatic rings. The first-order valence-electron chi connectivity index (χ1n) is 5.15. The second-order valence-electron chi connectivity index (χ2n) is 3.94. The zero-order valence-electron chi connectivity index (χ0n) is 9.68. The fourth-order valence-corrected chi connectivity index (χ4v) is 1.96. The Balaban J connectivity index is 2.73. The molecule has 0 spiro atoms. The first-order valence-corrected chi connectivity index (χ1v) is 6.23. The molecule has 92 valence electrons. The van der Waals surface area contributed by atoms with Crippen LogP contribution in [0.2, 0.25) is 0 Å². The lowest BCUT2D eigenvalue weighted by Crippen LogP contribution is -2.33. The van der Waals surface area contributed by atoms with Gasteiger partial charge < -0.3 is 10.0 Å². The number of nitrogens with zero attached hydrogens (tertiary/aromatic N) is 1. The zero-order chi connectivity index (χ0) is 13.0. The lowest BCUT2D eigenvalue weighted by molar-refractivity contribution is -0.141. The van der Waals surface area contributed by atoms with Crippen molar-refractivity contribution >= 4 is 34.5 Å². The molecule has 5 heteroatoms. The molecule has 17 heavy (non-hydrogen) atoms. The summed E-state index contributed by atoms with van der Waals surface area (Å²) < 4.78 is 0.980. The molecule has 1 rings (SSSR count). The van der Waals surface area contributed by atoms with Gasteiger partial charge in [0.05, 0.1) is 5.92 Å². The third-order valence-corrected chi connectivity index (χ3v) is 3.06. The summed E-state index contributed by atoms with van der Waals surface area (Å²) in [4.78, 5) is 24.1. The van der Waals surface area contributed by atoms with Crippen molar-refractivity contribution in [1.29, 1.82) is 0 Å². The molecular weight excluding hydrogens is 333 g/mol. The summed E-state index contributed by atoms with van der Waals surface area (Å²) in [5.74, 6) is -1.62. The number of rotatable bonds is 4. The van der Waals surface area contributed by atoms with Gasteiger partial charge in [0.25, 0.3) is 5.91 Å². The van der Waals surface area contributed by atoms with Gasteiger partial charge in [0.15, 0.2) is 0 Å². The van der Waals surface area contributed by atoms with Crippen molar-refractivity contribution in [3.8, 4) is 0 Å². The quantitative estimate of drug-likeness (QED) is 0.849. The van der Waals surface area contributed by atoms with Crippen LogP contribution in [-0.4, -0.2) is 35.5 Å². The molecule has 0 aliphatic heterocycles. The summed E-state index contributed by atoms with van der Waals surface area (Å²) in [5, 5.41) is 8.79. The Kier molecular flexibility index (Phi) is 4.92. The average molecular weight is 347 g/mol. The predicted octanol–water partition coefficient (Wildman–Crippen LogP) is 2.08. The van der Waals surface area contributed by atoms with Crippen LogP contribution in [0.25, 0.3) is 0 Å². The van der Waals surface area contributed by atoms with Crippen LogP contribution >= 0.6 is 22.6 Å². The van der Waals surface area contributed by atoms with Crippen molar-refractivity contribution in [3.05, 3.63) is 33.4 Å². The normalized spacial score (nSPS) is 11.9. The van der Waals surface area contributed by atoms with E-state index in [1.165, 1.54) is 4.90 Å². The highest BCUT2D eigenvalue weighted by molar-refractivity contribution is 14.1. The first-order chi connectivity index (χ1) is 7.91.